The molecule has 0 heterocycles. The van der Waals surface area contributed by atoms with Gasteiger partial charge in [0.15, 0.2) is 0 Å². The summed E-state index contributed by atoms with van der Waals surface area (Å²) >= 11 is 0. The average molecular weight is 251 g/mol. The quantitative estimate of drug-likeness (QED) is 0.840. The third-order valence-corrected chi connectivity index (χ3v) is 2.51. The van der Waals surface area contributed by atoms with Crippen molar-refractivity contribution < 1.29 is 9.90 Å². The van der Waals surface area contributed by atoms with Gasteiger partial charge in [-0.15, -0.1) is 0 Å². The van der Waals surface area contributed by atoms with Crippen molar-refractivity contribution in [1.29, 1.82) is 0 Å². The summed E-state index contributed by atoms with van der Waals surface area (Å²) < 4.78 is 0. The summed E-state index contributed by atoms with van der Waals surface area (Å²) in [6.07, 6.45) is 5.48. The lowest BCUT2D eigenvalue weighted by molar-refractivity contribution is 0.0697. The van der Waals surface area contributed by atoms with Crippen molar-refractivity contribution in [3.63, 3.8) is 0 Å². The topological polar surface area (TPSA) is 49.7 Å². The molecule has 3 heteroatoms. The normalized spacial score (nSPS) is 11.2. The molecule has 2 aromatic carbocycles. The van der Waals surface area contributed by atoms with Crippen LogP contribution >= 0.6 is 0 Å². The molecule has 0 unspecified atom stereocenters. The monoisotopic (exact) mass is 251 g/mol. The molecule has 0 aliphatic carbocycles. The molecule has 0 bridgehead atoms. The zero-order valence-corrected chi connectivity index (χ0v) is 10.2. The molecule has 0 spiro atoms. The highest BCUT2D eigenvalue weighted by atomic mass is 16.4. The van der Waals surface area contributed by atoms with E-state index in [2.05, 4.69) is 4.99 Å². The molecule has 3 nitrogen and oxygen atoms in total. The Bertz CT molecular complexity index is 598. The van der Waals surface area contributed by atoms with Crippen LogP contribution in [-0.4, -0.2) is 17.3 Å². The number of carboxylic acids is 1. The Balaban J connectivity index is 1.99. The maximum Gasteiger partial charge on any atom is 0.335 e. The third-order valence-electron chi connectivity index (χ3n) is 2.51. The van der Waals surface area contributed by atoms with E-state index in [1.807, 2.05) is 42.5 Å². The first-order chi connectivity index (χ1) is 9.25. The molecule has 0 aliphatic rings. The lowest BCUT2D eigenvalue weighted by atomic mass is 10.2. The number of hydrogen-bond donors (Lipinski definition) is 1. The first-order valence-electron chi connectivity index (χ1n) is 5.85. The standard InChI is InChI=1S/C16H13NO2/c18-16(19)14-8-10-15(11-9-14)17-12-4-7-13-5-2-1-3-6-13/h1-12H,(H,18,19)/b7-4+,17-12+. The Kier molecular flexibility index (Phi) is 4.24. The van der Waals surface area contributed by atoms with Gasteiger partial charge in [0.1, 0.15) is 0 Å². The van der Waals surface area contributed by atoms with Gasteiger partial charge in [0.2, 0.25) is 0 Å². The van der Waals surface area contributed by atoms with Crippen LogP contribution in [0, 0.1) is 0 Å². The second-order valence-corrected chi connectivity index (χ2v) is 3.90. The van der Waals surface area contributed by atoms with Crippen LogP contribution in [-0.2, 0) is 0 Å². The number of nitrogens with zero attached hydrogens (tertiary/aromatic N) is 1. The van der Waals surface area contributed by atoms with Gasteiger partial charge in [-0.1, -0.05) is 36.4 Å². The number of allylic oxidation sites excluding steroid dienone is 1. The van der Waals surface area contributed by atoms with E-state index in [4.69, 9.17) is 5.11 Å². The van der Waals surface area contributed by atoms with Gasteiger partial charge in [-0.05, 0) is 35.9 Å². The fourth-order valence-electron chi connectivity index (χ4n) is 1.54. The molecule has 0 aromatic heterocycles. The lowest BCUT2D eigenvalue weighted by Gasteiger charge is -1.94. The molecule has 0 fully saturated rings. The second kappa shape index (κ2) is 6.31. The van der Waals surface area contributed by atoms with Crippen LogP contribution in [0.25, 0.3) is 6.08 Å². The van der Waals surface area contributed by atoms with Crippen molar-refractivity contribution in [1.82, 2.24) is 0 Å². The summed E-state index contributed by atoms with van der Waals surface area (Å²) in [5, 5.41) is 8.77. The highest BCUT2D eigenvalue weighted by Crippen LogP contribution is 2.12. The van der Waals surface area contributed by atoms with Crippen molar-refractivity contribution in [3.8, 4) is 0 Å². The van der Waals surface area contributed by atoms with Crippen LogP contribution in [0.1, 0.15) is 15.9 Å². The number of carbonyl (C=O) groups is 1. The van der Waals surface area contributed by atoms with Gasteiger partial charge in [-0.3, -0.25) is 4.99 Å². The van der Waals surface area contributed by atoms with Crippen molar-refractivity contribution in [3.05, 3.63) is 71.8 Å². The van der Waals surface area contributed by atoms with E-state index in [9.17, 15) is 4.79 Å². The van der Waals surface area contributed by atoms with Crippen LogP contribution in [0.15, 0.2) is 65.7 Å². The maximum atomic E-state index is 10.7. The molecular weight excluding hydrogens is 238 g/mol. The first-order valence-corrected chi connectivity index (χ1v) is 5.85. The average Bonchev–Trinajstić information content (AvgIpc) is 2.45. The first kappa shape index (κ1) is 12.8. The summed E-state index contributed by atoms with van der Waals surface area (Å²) in [7, 11) is 0. The lowest BCUT2D eigenvalue weighted by Crippen LogP contribution is -1.94. The highest BCUT2D eigenvalue weighted by Gasteiger charge is 1.99. The molecule has 2 aromatic rings. The summed E-state index contributed by atoms with van der Waals surface area (Å²) in [6, 6.07) is 16.4. The Morgan fingerprint density at radius 3 is 2.32 bits per heavy atom. The summed E-state index contributed by atoms with van der Waals surface area (Å²) in [5.74, 6) is -0.931. The predicted octanol–water partition coefficient (Wildman–Crippen LogP) is 3.80. The number of hydrogen-bond acceptors (Lipinski definition) is 2. The minimum Gasteiger partial charge on any atom is -0.478 e. The van der Waals surface area contributed by atoms with Gasteiger partial charge >= 0.3 is 5.97 Å². The Labute approximate surface area is 111 Å². The van der Waals surface area contributed by atoms with E-state index in [1.54, 1.807) is 18.3 Å². The molecule has 0 saturated heterocycles. The molecule has 94 valence electrons. The van der Waals surface area contributed by atoms with Gasteiger partial charge in [0.05, 0.1) is 11.3 Å². The van der Waals surface area contributed by atoms with E-state index in [1.165, 1.54) is 12.1 Å². The molecule has 19 heavy (non-hydrogen) atoms. The zero-order chi connectivity index (χ0) is 13.5. The second-order valence-electron chi connectivity index (χ2n) is 3.90. The summed E-state index contributed by atoms with van der Waals surface area (Å²) in [4.78, 5) is 14.9. The van der Waals surface area contributed by atoms with Crippen molar-refractivity contribution in [2.45, 2.75) is 0 Å². The Hall–Kier alpha value is -2.68. The number of aliphatic imine (C=N–C) groups is 1. The smallest absolute Gasteiger partial charge is 0.335 e. The SMILES string of the molecule is O=C(O)c1ccc(/N=C/C=C/c2ccccc2)cc1. The van der Waals surface area contributed by atoms with Crippen LogP contribution in [0.3, 0.4) is 0 Å². The molecule has 0 saturated carbocycles. The van der Waals surface area contributed by atoms with Gasteiger partial charge in [-0.2, -0.15) is 0 Å². The van der Waals surface area contributed by atoms with Gasteiger partial charge in [-0.25, -0.2) is 4.79 Å². The van der Waals surface area contributed by atoms with Crippen LogP contribution in [0.2, 0.25) is 0 Å². The molecule has 1 N–H and O–H groups in total. The van der Waals surface area contributed by atoms with Crippen LogP contribution < -0.4 is 0 Å². The van der Waals surface area contributed by atoms with Crippen molar-refractivity contribution >= 4 is 23.9 Å². The van der Waals surface area contributed by atoms with Crippen molar-refractivity contribution in [2.75, 3.05) is 0 Å². The largest absolute Gasteiger partial charge is 0.478 e. The van der Waals surface area contributed by atoms with Gasteiger partial charge in [0.25, 0.3) is 0 Å². The molecule has 0 amide bonds. The number of aromatic carboxylic acids is 1. The fraction of sp³-hybridized carbons (Fsp3) is 0. The van der Waals surface area contributed by atoms with E-state index < -0.39 is 5.97 Å². The number of carboxylic acid groups (broad SMARTS) is 1. The number of rotatable bonds is 4. The minimum atomic E-state index is -0.931. The third kappa shape index (κ3) is 3.92. The highest BCUT2D eigenvalue weighted by molar-refractivity contribution is 5.88. The van der Waals surface area contributed by atoms with Crippen LogP contribution in [0.4, 0.5) is 5.69 Å². The number of benzene rings is 2. The van der Waals surface area contributed by atoms with Crippen LogP contribution in [0.5, 0.6) is 0 Å². The van der Waals surface area contributed by atoms with E-state index >= 15 is 0 Å². The van der Waals surface area contributed by atoms with Gasteiger partial charge in [0, 0.05) is 6.21 Å². The molecule has 2 rings (SSSR count). The van der Waals surface area contributed by atoms with E-state index in [0.717, 1.165) is 11.3 Å². The molecular formula is C16H13NO2. The summed E-state index contributed by atoms with van der Waals surface area (Å²) in [6.45, 7) is 0. The molecule has 0 radical (unpaired) electrons. The van der Waals surface area contributed by atoms with E-state index in [0.29, 0.717) is 0 Å². The predicted molar refractivity (Wildman–Crippen MR) is 77.0 cm³/mol. The van der Waals surface area contributed by atoms with E-state index in [-0.39, 0.29) is 5.56 Å². The molecule has 0 aliphatic heterocycles. The fourth-order valence-corrected chi connectivity index (χ4v) is 1.54. The van der Waals surface area contributed by atoms with Gasteiger partial charge < -0.3 is 5.11 Å². The molecule has 0 atom stereocenters. The summed E-state index contributed by atoms with van der Waals surface area (Å²) in [5.41, 5.74) is 2.09. The Morgan fingerprint density at radius 1 is 1.00 bits per heavy atom. The maximum absolute atomic E-state index is 10.7. The van der Waals surface area contributed by atoms with Crippen molar-refractivity contribution in [2.24, 2.45) is 4.99 Å². The Morgan fingerprint density at radius 2 is 1.68 bits per heavy atom. The minimum absolute atomic E-state index is 0.263. The zero-order valence-electron chi connectivity index (χ0n) is 10.2.